The number of piperidine rings is 1. The van der Waals surface area contributed by atoms with Crippen LogP contribution in [0.1, 0.15) is 19.3 Å². The second-order valence-corrected chi connectivity index (χ2v) is 6.77. The fraction of sp³-hybridized carbons (Fsp3) is 0.389. The third-order valence-corrected chi connectivity index (χ3v) is 4.77. The van der Waals surface area contributed by atoms with Crippen molar-refractivity contribution in [3.63, 3.8) is 0 Å². The molecule has 0 radical (unpaired) electrons. The van der Waals surface area contributed by atoms with Gasteiger partial charge in [0.25, 0.3) is 0 Å². The fourth-order valence-corrected chi connectivity index (χ4v) is 3.67. The molecule has 142 valence electrons. The summed E-state index contributed by atoms with van der Waals surface area (Å²) < 4.78 is 37.2. The minimum absolute atomic E-state index is 0.326. The Kier molecular flexibility index (Phi) is 4.37. The third-order valence-electron chi connectivity index (χ3n) is 4.77. The van der Waals surface area contributed by atoms with Gasteiger partial charge in [0.1, 0.15) is 12.1 Å². The molecule has 1 aliphatic heterocycles. The normalized spacial score (nSPS) is 18.2. The number of fused-ring (bicyclic) bond motifs is 3. The maximum absolute atomic E-state index is 12.4. The summed E-state index contributed by atoms with van der Waals surface area (Å²) in [6.45, 7) is 1.19. The van der Waals surface area contributed by atoms with Crippen molar-refractivity contribution in [1.82, 2.24) is 20.3 Å². The van der Waals surface area contributed by atoms with Gasteiger partial charge in [-0.15, -0.1) is 0 Å². The molecule has 4 heterocycles. The molecule has 1 atom stereocenters. The largest absolute Gasteiger partial charge is 0.397 e. The van der Waals surface area contributed by atoms with E-state index in [1.165, 1.54) is 0 Å². The fourth-order valence-electron chi connectivity index (χ4n) is 3.67. The molecule has 0 aliphatic carbocycles. The van der Waals surface area contributed by atoms with E-state index in [1.54, 1.807) is 18.6 Å². The van der Waals surface area contributed by atoms with Crippen LogP contribution >= 0.6 is 0 Å². The van der Waals surface area contributed by atoms with E-state index in [4.69, 9.17) is 0 Å². The van der Waals surface area contributed by atoms with Gasteiger partial charge in [0.2, 0.25) is 5.91 Å². The number of nitrogens with zero attached hydrogens (tertiary/aromatic N) is 3. The van der Waals surface area contributed by atoms with Crippen LogP contribution in [0.5, 0.6) is 0 Å². The first-order valence-electron chi connectivity index (χ1n) is 8.71. The molecule has 27 heavy (non-hydrogen) atoms. The number of carbonyl (C=O) groups is 1. The third kappa shape index (κ3) is 3.67. The summed E-state index contributed by atoms with van der Waals surface area (Å²) in [4.78, 5) is 25.5. The topological polar surface area (TPSA) is 73.9 Å². The average molecular weight is 377 g/mol. The smallest absolute Gasteiger partial charge is 0.368 e. The molecule has 0 aromatic carbocycles. The number of rotatable bonds is 3. The van der Waals surface area contributed by atoms with Crippen molar-refractivity contribution < 1.29 is 18.0 Å². The molecule has 1 unspecified atom stereocenters. The number of halogens is 3. The molecular formula is C18H18F3N5O. The van der Waals surface area contributed by atoms with Crippen LogP contribution in [0.15, 0.2) is 30.9 Å². The molecule has 1 fully saturated rings. The maximum Gasteiger partial charge on any atom is 0.397 e. The van der Waals surface area contributed by atoms with Crippen LogP contribution in [0.3, 0.4) is 0 Å². The molecule has 0 saturated carbocycles. The Bertz CT molecular complexity index is 984. The second-order valence-electron chi connectivity index (χ2n) is 6.77. The van der Waals surface area contributed by atoms with E-state index in [0.29, 0.717) is 13.0 Å². The van der Waals surface area contributed by atoms with Crippen LogP contribution in [-0.2, 0) is 4.79 Å². The van der Waals surface area contributed by atoms with Gasteiger partial charge in [-0.2, -0.15) is 13.2 Å². The number of pyridine rings is 2. The van der Waals surface area contributed by atoms with Crippen molar-refractivity contribution in [3.8, 4) is 0 Å². The first-order valence-corrected chi connectivity index (χ1v) is 8.71. The SMILES string of the molecule is O=C(CC(F)(F)F)NC1CCCN(c2cncc3cnc4[nH]ccc4c23)C1. The van der Waals surface area contributed by atoms with Crippen LogP contribution in [-0.4, -0.2) is 46.2 Å². The molecule has 1 aliphatic rings. The molecule has 3 aromatic heterocycles. The molecule has 0 bridgehead atoms. The van der Waals surface area contributed by atoms with E-state index >= 15 is 0 Å². The highest BCUT2D eigenvalue weighted by Gasteiger charge is 2.32. The molecule has 1 saturated heterocycles. The Morgan fingerprint density at radius 2 is 2.19 bits per heavy atom. The zero-order chi connectivity index (χ0) is 19.0. The van der Waals surface area contributed by atoms with Crippen molar-refractivity contribution in [2.24, 2.45) is 0 Å². The van der Waals surface area contributed by atoms with Crippen molar-refractivity contribution in [2.45, 2.75) is 31.5 Å². The van der Waals surface area contributed by atoms with Crippen LogP contribution in [0.2, 0.25) is 0 Å². The summed E-state index contributed by atoms with van der Waals surface area (Å²) >= 11 is 0. The predicted molar refractivity (Wildman–Crippen MR) is 95.4 cm³/mol. The van der Waals surface area contributed by atoms with Crippen molar-refractivity contribution in [2.75, 3.05) is 18.0 Å². The summed E-state index contributed by atoms with van der Waals surface area (Å²) in [5, 5.41) is 5.37. The van der Waals surface area contributed by atoms with Crippen molar-refractivity contribution in [3.05, 3.63) is 30.9 Å². The highest BCUT2D eigenvalue weighted by molar-refractivity contribution is 6.10. The maximum atomic E-state index is 12.4. The van der Waals surface area contributed by atoms with Crippen LogP contribution in [0.4, 0.5) is 18.9 Å². The summed E-state index contributed by atoms with van der Waals surface area (Å²) in [7, 11) is 0. The van der Waals surface area contributed by atoms with Gasteiger partial charge in [-0.05, 0) is 18.9 Å². The van der Waals surface area contributed by atoms with Gasteiger partial charge in [0, 0.05) is 53.9 Å². The Labute approximate surface area is 152 Å². The number of alkyl halides is 3. The van der Waals surface area contributed by atoms with Crippen LogP contribution in [0, 0.1) is 0 Å². The van der Waals surface area contributed by atoms with E-state index in [9.17, 15) is 18.0 Å². The lowest BCUT2D eigenvalue weighted by Crippen LogP contribution is -2.48. The highest BCUT2D eigenvalue weighted by atomic mass is 19.4. The molecular weight excluding hydrogens is 359 g/mol. The van der Waals surface area contributed by atoms with Crippen LogP contribution < -0.4 is 10.2 Å². The number of nitrogens with one attached hydrogen (secondary N) is 2. The number of anilines is 1. The van der Waals surface area contributed by atoms with Crippen LogP contribution in [0.25, 0.3) is 21.8 Å². The first kappa shape index (κ1) is 17.6. The summed E-state index contributed by atoms with van der Waals surface area (Å²) in [6.07, 6.45) is 2.54. The van der Waals surface area contributed by atoms with Gasteiger partial charge in [-0.1, -0.05) is 0 Å². The Hall–Kier alpha value is -2.84. The van der Waals surface area contributed by atoms with Gasteiger partial charge >= 0.3 is 6.18 Å². The Balaban J connectivity index is 1.60. The zero-order valence-corrected chi connectivity index (χ0v) is 14.4. The molecule has 2 N–H and O–H groups in total. The lowest BCUT2D eigenvalue weighted by Gasteiger charge is -2.35. The van der Waals surface area contributed by atoms with Gasteiger partial charge in [0.15, 0.2) is 0 Å². The number of carbonyl (C=O) groups excluding carboxylic acids is 1. The van der Waals surface area contributed by atoms with E-state index in [-0.39, 0.29) is 6.04 Å². The molecule has 1 amide bonds. The number of aromatic amines is 1. The van der Waals surface area contributed by atoms with Crippen molar-refractivity contribution >= 4 is 33.4 Å². The molecule has 3 aromatic rings. The minimum atomic E-state index is -4.50. The van der Waals surface area contributed by atoms with Gasteiger partial charge in [-0.25, -0.2) is 4.98 Å². The number of amides is 1. The Morgan fingerprint density at radius 1 is 1.33 bits per heavy atom. The van der Waals surface area contributed by atoms with E-state index in [2.05, 4.69) is 25.2 Å². The van der Waals surface area contributed by atoms with E-state index in [1.807, 2.05) is 12.3 Å². The summed E-state index contributed by atoms with van der Waals surface area (Å²) in [5.41, 5.74) is 1.66. The predicted octanol–water partition coefficient (Wildman–Crippen LogP) is 3.15. The number of hydrogen-bond acceptors (Lipinski definition) is 4. The standard InChI is InChI=1S/C18H18F3N5O/c19-18(20,21)6-15(27)25-12-2-1-5-26(10-12)14-9-22-7-11-8-24-17-13(16(11)14)3-4-23-17/h3-4,7-9,12H,1-2,5-6,10H2,(H,23,24)(H,25,27). The van der Waals surface area contributed by atoms with Gasteiger partial charge < -0.3 is 15.2 Å². The molecule has 9 heteroatoms. The van der Waals surface area contributed by atoms with Crippen molar-refractivity contribution in [1.29, 1.82) is 0 Å². The zero-order valence-electron chi connectivity index (χ0n) is 14.4. The monoisotopic (exact) mass is 377 g/mol. The quantitative estimate of drug-likeness (QED) is 0.735. The van der Waals surface area contributed by atoms with E-state index in [0.717, 1.165) is 40.5 Å². The summed E-state index contributed by atoms with van der Waals surface area (Å²) in [5.74, 6) is -0.984. The lowest BCUT2D eigenvalue weighted by molar-refractivity contribution is -0.154. The van der Waals surface area contributed by atoms with E-state index < -0.39 is 18.5 Å². The van der Waals surface area contributed by atoms with Gasteiger partial charge in [0.05, 0.1) is 11.9 Å². The summed E-state index contributed by atoms with van der Waals surface area (Å²) in [6, 6.07) is 1.62. The second kappa shape index (κ2) is 6.71. The first-order chi connectivity index (χ1) is 12.9. The molecule has 6 nitrogen and oxygen atoms in total. The lowest BCUT2D eigenvalue weighted by atomic mass is 10.0. The number of hydrogen-bond donors (Lipinski definition) is 2. The molecule has 0 spiro atoms. The highest BCUT2D eigenvalue weighted by Crippen LogP contribution is 2.32. The molecule has 4 rings (SSSR count). The number of H-pyrrole nitrogens is 1. The Morgan fingerprint density at radius 3 is 3.00 bits per heavy atom. The average Bonchev–Trinajstić information content (AvgIpc) is 3.08. The van der Waals surface area contributed by atoms with Gasteiger partial charge in [-0.3, -0.25) is 9.78 Å². The number of aromatic nitrogens is 3. The minimum Gasteiger partial charge on any atom is -0.368 e.